The molecule has 0 bridgehead atoms. The first-order valence-corrected chi connectivity index (χ1v) is 6.35. The highest BCUT2D eigenvalue weighted by atomic mass is 35.5. The molecule has 1 amide bonds. The summed E-state index contributed by atoms with van der Waals surface area (Å²) in [5.74, 6) is -0.631. The summed E-state index contributed by atoms with van der Waals surface area (Å²) in [4.78, 5) is 11.8. The second-order valence-corrected chi connectivity index (χ2v) is 4.48. The maximum absolute atomic E-state index is 12.9. The summed E-state index contributed by atoms with van der Waals surface area (Å²) in [6, 6.07) is 12.2. The first-order chi connectivity index (χ1) is 10.1. The first-order valence-electron chi connectivity index (χ1n) is 5.97. The van der Waals surface area contributed by atoms with E-state index < -0.39 is 11.7 Å². The topological polar surface area (TPSA) is 62.1 Å². The van der Waals surface area contributed by atoms with Crippen LogP contribution in [0.4, 0.5) is 10.1 Å². The molecule has 0 aromatic heterocycles. The third-order valence-electron chi connectivity index (χ3n) is 2.57. The van der Waals surface area contributed by atoms with Crippen molar-refractivity contribution in [2.24, 2.45) is 0 Å². The third kappa shape index (κ3) is 3.94. The molecule has 0 radical (unpaired) electrons. The Bertz CT molecular complexity index is 713. The lowest BCUT2D eigenvalue weighted by Crippen LogP contribution is -2.20. The number of carbonyl (C=O) groups is 1. The van der Waals surface area contributed by atoms with Crippen LogP contribution in [0.2, 0.25) is 5.02 Å². The fraction of sp³-hybridized carbons (Fsp3) is 0.0667. The summed E-state index contributed by atoms with van der Waals surface area (Å²) in [5.41, 5.74) is 0.630. The van der Waals surface area contributed by atoms with E-state index in [2.05, 4.69) is 5.32 Å². The highest BCUT2D eigenvalue weighted by Gasteiger charge is 2.09. The van der Waals surface area contributed by atoms with Crippen LogP contribution in [0.15, 0.2) is 42.5 Å². The van der Waals surface area contributed by atoms with Gasteiger partial charge in [0.2, 0.25) is 0 Å². The van der Waals surface area contributed by atoms with E-state index in [1.807, 2.05) is 6.07 Å². The molecule has 106 valence electrons. The molecule has 2 aromatic carbocycles. The first kappa shape index (κ1) is 14.8. The molecule has 0 fully saturated rings. The second-order valence-electron chi connectivity index (χ2n) is 4.07. The van der Waals surface area contributed by atoms with Crippen LogP contribution in [0, 0.1) is 17.1 Å². The van der Waals surface area contributed by atoms with E-state index >= 15 is 0 Å². The monoisotopic (exact) mass is 304 g/mol. The summed E-state index contributed by atoms with van der Waals surface area (Å²) in [6.07, 6.45) is 0. The highest BCUT2D eigenvalue weighted by Crippen LogP contribution is 2.22. The Labute approximate surface area is 125 Å². The standard InChI is InChI=1S/C15H10ClFN2O2/c16-12-7-11(17)5-6-13(12)19-15(20)9-21-14-4-2-1-3-10(14)8-18/h1-7H,9H2,(H,19,20). The number of carbonyl (C=O) groups excluding carboxylic acids is 1. The molecule has 6 heteroatoms. The predicted octanol–water partition coefficient (Wildman–Crippen LogP) is 3.37. The van der Waals surface area contributed by atoms with Crippen LogP contribution in [-0.4, -0.2) is 12.5 Å². The number of amides is 1. The average Bonchev–Trinajstić information content (AvgIpc) is 2.48. The van der Waals surface area contributed by atoms with Crippen molar-refractivity contribution in [3.8, 4) is 11.8 Å². The van der Waals surface area contributed by atoms with Crippen molar-refractivity contribution in [1.82, 2.24) is 0 Å². The van der Waals surface area contributed by atoms with Gasteiger partial charge in [0.15, 0.2) is 6.61 Å². The minimum atomic E-state index is -0.489. The van der Waals surface area contributed by atoms with Crippen LogP contribution in [-0.2, 0) is 4.79 Å². The van der Waals surface area contributed by atoms with Gasteiger partial charge in [-0.15, -0.1) is 0 Å². The molecule has 0 saturated heterocycles. The molecular formula is C15H10ClFN2O2. The van der Waals surface area contributed by atoms with E-state index in [9.17, 15) is 9.18 Å². The zero-order chi connectivity index (χ0) is 15.2. The van der Waals surface area contributed by atoms with E-state index in [4.69, 9.17) is 21.6 Å². The Hall–Kier alpha value is -2.58. The molecule has 4 nitrogen and oxygen atoms in total. The fourth-order valence-electron chi connectivity index (χ4n) is 1.61. The number of halogens is 2. The fourth-order valence-corrected chi connectivity index (χ4v) is 1.82. The number of hydrogen-bond donors (Lipinski definition) is 1. The average molecular weight is 305 g/mol. The SMILES string of the molecule is N#Cc1ccccc1OCC(=O)Nc1ccc(F)cc1Cl. The summed E-state index contributed by atoms with van der Waals surface area (Å²) in [6.45, 7) is -0.285. The lowest BCUT2D eigenvalue weighted by molar-refractivity contribution is -0.118. The van der Waals surface area contributed by atoms with Crippen LogP contribution >= 0.6 is 11.6 Å². The second kappa shape index (κ2) is 6.73. The van der Waals surface area contributed by atoms with Gasteiger partial charge in [-0.25, -0.2) is 4.39 Å². The summed E-state index contributed by atoms with van der Waals surface area (Å²) < 4.78 is 18.2. The number of nitriles is 1. The van der Waals surface area contributed by atoms with Crippen LogP contribution in [0.1, 0.15) is 5.56 Å². The van der Waals surface area contributed by atoms with Crippen LogP contribution in [0.25, 0.3) is 0 Å². The molecular weight excluding hydrogens is 295 g/mol. The van der Waals surface area contributed by atoms with Gasteiger partial charge >= 0.3 is 0 Å². The minimum absolute atomic E-state index is 0.0979. The summed E-state index contributed by atoms with van der Waals surface area (Å²) >= 11 is 5.80. The van der Waals surface area contributed by atoms with E-state index in [0.717, 1.165) is 6.07 Å². The lowest BCUT2D eigenvalue weighted by atomic mass is 10.2. The van der Waals surface area contributed by atoms with E-state index in [1.54, 1.807) is 24.3 Å². The Morgan fingerprint density at radius 2 is 2.10 bits per heavy atom. The molecule has 21 heavy (non-hydrogen) atoms. The van der Waals surface area contributed by atoms with Crippen molar-refractivity contribution in [3.05, 3.63) is 58.9 Å². The van der Waals surface area contributed by atoms with Gasteiger partial charge in [0, 0.05) is 0 Å². The minimum Gasteiger partial charge on any atom is -0.482 e. The smallest absolute Gasteiger partial charge is 0.262 e. The third-order valence-corrected chi connectivity index (χ3v) is 2.88. The van der Waals surface area contributed by atoms with Gasteiger partial charge in [-0.05, 0) is 30.3 Å². The van der Waals surface area contributed by atoms with Crippen LogP contribution in [0.5, 0.6) is 5.75 Å². The Kier molecular flexibility index (Phi) is 4.75. The van der Waals surface area contributed by atoms with Gasteiger partial charge in [-0.3, -0.25) is 4.79 Å². The lowest BCUT2D eigenvalue weighted by Gasteiger charge is -2.09. The van der Waals surface area contributed by atoms with Gasteiger partial charge in [0.1, 0.15) is 17.6 Å². The molecule has 2 rings (SSSR count). The van der Waals surface area contributed by atoms with Crippen LogP contribution < -0.4 is 10.1 Å². The van der Waals surface area contributed by atoms with Crippen molar-refractivity contribution in [1.29, 1.82) is 5.26 Å². The zero-order valence-electron chi connectivity index (χ0n) is 10.8. The molecule has 0 spiro atoms. The van der Waals surface area contributed by atoms with Crippen molar-refractivity contribution in [2.45, 2.75) is 0 Å². The van der Waals surface area contributed by atoms with Gasteiger partial charge < -0.3 is 10.1 Å². The molecule has 1 N–H and O–H groups in total. The number of benzene rings is 2. The molecule has 0 aliphatic heterocycles. The Balaban J connectivity index is 1.98. The van der Waals surface area contributed by atoms with Gasteiger partial charge in [0.05, 0.1) is 16.3 Å². The number of para-hydroxylation sites is 1. The normalized spacial score (nSPS) is 9.76. The number of anilines is 1. The summed E-state index contributed by atoms with van der Waals surface area (Å²) in [7, 11) is 0. The molecule has 0 saturated carbocycles. The number of nitrogens with one attached hydrogen (secondary N) is 1. The molecule has 2 aromatic rings. The van der Waals surface area contributed by atoms with Crippen molar-refractivity contribution in [3.63, 3.8) is 0 Å². The molecule has 0 heterocycles. The maximum Gasteiger partial charge on any atom is 0.262 e. The van der Waals surface area contributed by atoms with Crippen molar-refractivity contribution >= 4 is 23.2 Å². The maximum atomic E-state index is 12.9. The van der Waals surface area contributed by atoms with Gasteiger partial charge in [-0.2, -0.15) is 5.26 Å². The highest BCUT2D eigenvalue weighted by molar-refractivity contribution is 6.33. The zero-order valence-corrected chi connectivity index (χ0v) is 11.5. The van der Waals surface area contributed by atoms with E-state index in [-0.39, 0.29) is 11.6 Å². The van der Waals surface area contributed by atoms with Gasteiger partial charge in [-0.1, -0.05) is 23.7 Å². The number of rotatable bonds is 4. The molecule has 0 aliphatic rings. The van der Waals surface area contributed by atoms with Gasteiger partial charge in [0.25, 0.3) is 5.91 Å². The largest absolute Gasteiger partial charge is 0.482 e. The quantitative estimate of drug-likeness (QED) is 0.942. The molecule has 0 aliphatic carbocycles. The number of hydrogen-bond acceptors (Lipinski definition) is 3. The summed E-state index contributed by atoms with van der Waals surface area (Å²) in [5, 5.41) is 11.5. The van der Waals surface area contributed by atoms with Crippen molar-refractivity contribution < 1.29 is 13.9 Å². The Morgan fingerprint density at radius 1 is 1.33 bits per heavy atom. The Morgan fingerprint density at radius 3 is 2.81 bits per heavy atom. The molecule has 0 atom stereocenters. The van der Waals surface area contributed by atoms with Crippen LogP contribution in [0.3, 0.4) is 0 Å². The van der Waals surface area contributed by atoms with E-state index in [0.29, 0.717) is 17.0 Å². The molecule has 0 unspecified atom stereocenters. The number of nitrogens with zero attached hydrogens (tertiary/aromatic N) is 1. The van der Waals surface area contributed by atoms with Crippen molar-refractivity contribution in [2.75, 3.05) is 11.9 Å². The predicted molar refractivity (Wildman–Crippen MR) is 76.7 cm³/mol. The van der Waals surface area contributed by atoms with E-state index in [1.165, 1.54) is 12.1 Å². The number of ether oxygens (including phenoxy) is 1.